The summed E-state index contributed by atoms with van der Waals surface area (Å²) in [6.45, 7) is -7.47. The molecule has 7 aromatic carbocycles. The van der Waals surface area contributed by atoms with E-state index in [-0.39, 0.29) is 42.5 Å². The second-order valence-corrected chi connectivity index (χ2v) is 14.5. The summed E-state index contributed by atoms with van der Waals surface area (Å²) in [6.07, 6.45) is 1.02. The van der Waals surface area contributed by atoms with Gasteiger partial charge in [-0.1, -0.05) is 103 Å². The topological polar surface area (TPSA) is 82.0 Å². The van der Waals surface area contributed by atoms with Gasteiger partial charge in [-0.2, -0.15) is 0 Å². The largest absolute Gasteiger partial charge is 0.456 e. The van der Waals surface area contributed by atoms with E-state index in [1.54, 1.807) is 0 Å². The third-order valence-electron chi connectivity index (χ3n) is 10.7. The summed E-state index contributed by atoms with van der Waals surface area (Å²) < 4.78 is 75.7. The van der Waals surface area contributed by atoms with Gasteiger partial charge in [-0.25, -0.2) is 15.0 Å². The Morgan fingerprint density at radius 3 is 2.00 bits per heavy atom. The molecule has 0 aliphatic rings. The number of nitrogens with zero attached hydrogens (tertiary/aromatic N) is 6. The molecular formula is C54H36IrN6O-2. The van der Waals surface area contributed by atoms with Gasteiger partial charge in [0.2, 0.25) is 0 Å². The quantitative estimate of drug-likeness (QED) is 0.129. The van der Waals surface area contributed by atoms with Crippen molar-refractivity contribution in [1.82, 2.24) is 29.3 Å². The fraction of sp³-hybridized carbons (Fsp3) is 0.0556. The number of pyridine rings is 2. The number of hydrogen-bond acceptors (Lipinski definition) is 6. The Kier molecular flexibility index (Phi) is 7.64. The first-order valence-electron chi connectivity index (χ1n) is 24.0. The van der Waals surface area contributed by atoms with Crippen LogP contribution in [0.2, 0.25) is 0 Å². The van der Waals surface area contributed by atoms with Crippen LogP contribution in [0.3, 0.4) is 0 Å². The minimum Gasteiger partial charge on any atom is -0.456 e. The molecule has 299 valence electrons. The van der Waals surface area contributed by atoms with Crippen molar-refractivity contribution in [3.63, 3.8) is 0 Å². The number of aryl methyl sites for hydroxylation is 3. The molecule has 0 atom stereocenters. The molecule has 0 aliphatic heterocycles. The van der Waals surface area contributed by atoms with Crippen LogP contribution in [0.25, 0.3) is 106 Å². The smallest absolute Gasteiger partial charge is 0.164 e. The zero-order chi connectivity index (χ0) is 48.5. The van der Waals surface area contributed by atoms with Crippen LogP contribution in [-0.2, 0) is 20.1 Å². The zero-order valence-corrected chi connectivity index (χ0v) is 34.9. The van der Waals surface area contributed by atoms with Gasteiger partial charge in [0, 0.05) is 71.6 Å². The Hall–Kier alpha value is -7.38. The number of fused-ring (bicyclic) bond motifs is 11. The average molecular weight is 986 g/mol. The molecule has 0 fully saturated rings. The van der Waals surface area contributed by atoms with Crippen molar-refractivity contribution in [2.45, 2.75) is 20.6 Å². The van der Waals surface area contributed by atoms with Gasteiger partial charge < -0.3 is 13.8 Å². The summed E-state index contributed by atoms with van der Waals surface area (Å²) in [5, 5.41) is 5.24. The number of para-hydroxylation sites is 2. The first kappa shape index (κ1) is 29.8. The maximum atomic E-state index is 7.54. The van der Waals surface area contributed by atoms with Crippen LogP contribution in [0.1, 0.15) is 29.0 Å². The van der Waals surface area contributed by atoms with Gasteiger partial charge in [-0.3, -0.25) is 4.98 Å². The van der Waals surface area contributed by atoms with Gasteiger partial charge in [0.15, 0.2) is 17.5 Å². The van der Waals surface area contributed by atoms with E-state index >= 15 is 0 Å². The Bertz CT molecular complexity index is 3910. The van der Waals surface area contributed by atoms with Gasteiger partial charge >= 0.3 is 0 Å². The number of rotatable bonds is 4. The maximum absolute atomic E-state index is 7.54. The predicted octanol–water partition coefficient (Wildman–Crippen LogP) is 13.2. The minimum atomic E-state index is -2.61. The summed E-state index contributed by atoms with van der Waals surface area (Å²) in [6, 6.07) is 56.5. The van der Waals surface area contributed by atoms with Crippen LogP contribution >= 0.6 is 0 Å². The SMILES string of the molecule is [2H]C([2H])([2H])c1c[c-]c(-c2cc(C([2H])([2H])[2H])c(C([2H])([2H])[2H])cn2)cc1.[Ir].[c-]1cccc2c1c1nc3ccccc3n1c1cc3c(cc21)oc1cc(-c2nc(-c4ccccc4)nc(-c4ccccc4)n2)ccc13. The second-order valence-electron chi connectivity index (χ2n) is 14.5. The molecule has 0 aliphatic carbocycles. The minimum absolute atomic E-state index is 0. The van der Waals surface area contributed by atoms with E-state index in [0.29, 0.717) is 23.0 Å². The van der Waals surface area contributed by atoms with Crippen LogP contribution in [0.15, 0.2) is 168 Å². The van der Waals surface area contributed by atoms with Crippen molar-refractivity contribution >= 4 is 60.3 Å². The molecule has 0 N–H and O–H groups in total. The summed E-state index contributed by atoms with van der Waals surface area (Å²) in [7, 11) is 0. The van der Waals surface area contributed by atoms with Crippen LogP contribution in [-0.4, -0.2) is 29.3 Å². The number of aromatic nitrogens is 6. The molecule has 12 aromatic rings. The van der Waals surface area contributed by atoms with Crippen molar-refractivity contribution in [3.05, 3.63) is 193 Å². The van der Waals surface area contributed by atoms with Crippen LogP contribution in [0.5, 0.6) is 0 Å². The Labute approximate surface area is 383 Å². The molecule has 5 aromatic heterocycles. The monoisotopic (exact) mass is 986 g/mol. The predicted molar refractivity (Wildman–Crippen MR) is 246 cm³/mol. The summed E-state index contributed by atoms with van der Waals surface area (Å²) in [5.41, 5.74) is 8.37. The van der Waals surface area contributed by atoms with Crippen LogP contribution < -0.4 is 0 Å². The average Bonchev–Trinajstić information content (AvgIpc) is 3.94. The van der Waals surface area contributed by atoms with Crippen molar-refractivity contribution in [2.24, 2.45) is 0 Å². The van der Waals surface area contributed by atoms with Crippen molar-refractivity contribution in [1.29, 1.82) is 0 Å². The fourth-order valence-corrected chi connectivity index (χ4v) is 7.76. The molecule has 0 saturated heterocycles. The van der Waals surface area contributed by atoms with E-state index in [1.807, 2.05) is 84.9 Å². The van der Waals surface area contributed by atoms with Crippen molar-refractivity contribution < 1.29 is 36.9 Å². The summed E-state index contributed by atoms with van der Waals surface area (Å²) >= 11 is 0. The van der Waals surface area contributed by atoms with E-state index < -0.39 is 20.6 Å². The number of imidazole rings is 1. The molecule has 0 spiro atoms. The molecule has 0 unspecified atom stereocenters. The van der Waals surface area contributed by atoms with E-state index in [1.165, 1.54) is 24.3 Å². The molecule has 0 bridgehead atoms. The Balaban J connectivity index is 0.000000199. The number of hydrogen-bond donors (Lipinski definition) is 0. The second kappa shape index (κ2) is 15.9. The molecule has 62 heavy (non-hydrogen) atoms. The number of furan rings is 1. The Morgan fingerprint density at radius 2 is 1.27 bits per heavy atom. The molecule has 0 saturated carbocycles. The third kappa shape index (κ3) is 6.89. The van der Waals surface area contributed by atoms with Crippen molar-refractivity contribution in [3.8, 4) is 45.4 Å². The Morgan fingerprint density at radius 1 is 0.548 bits per heavy atom. The molecule has 12 rings (SSSR count). The van der Waals surface area contributed by atoms with Gasteiger partial charge in [0.05, 0.1) is 16.7 Å². The first-order valence-corrected chi connectivity index (χ1v) is 19.5. The molecule has 8 heteroatoms. The first-order chi connectivity index (χ1) is 33.6. The van der Waals surface area contributed by atoms with E-state index in [4.69, 9.17) is 36.7 Å². The fourth-order valence-electron chi connectivity index (χ4n) is 7.76. The molecule has 5 heterocycles. The molecular weight excluding hydrogens is 941 g/mol. The standard InChI is InChI=1S/C40H22N5O.C14H14N.Ir/c1-3-11-24(12-4-1)37-42-38(25-13-5-2-6-14-25)44-39(43-37)26-19-20-28-31-22-34-30(23-36(31)46-35(28)21-26)27-15-7-8-16-29(27)40-41-32-17-9-10-18-33(32)45(34)40;1-10-4-6-13(7-5-10)14-8-11(2)12(3)9-15-14;/h1-15,17-23H;4-6,8-9H,1-3H3;/q2*-1;/i;1D3,2D3,3D3;. The van der Waals surface area contributed by atoms with Crippen LogP contribution in [0.4, 0.5) is 0 Å². The molecule has 7 nitrogen and oxygen atoms in total. The normalized spacial score (nSPS) is 14.1. The number of benzene rings is 7. The maximum Gasteiger partial charge on any atom is 0.164 e. The van der Waals surface area contributed by atoms with E-state index in [2.05, 4.69) is 70.0 Å². The summed E-state index contributed by atoms with van der Waals surface area (Å²) in [4.78, 5) is 23.7. The van der Waals surface area contributed by atoms with Gasteiger partial charge in [-0.05, 0) is 66.7 Å². The van der Waals surface area contributed by atoms with E-state index in [0.717, 1.165) is 83.2 Å². The van der Waals surface area contributed by atoms with E-state index in [9.17, 15) is 0 Å². The van der Waals surface area contributed by atoms with Gasteiger partial charge in [-0.15, -0.1) is 65.0 Å². The molecule has 0 amide bonds. The van der Waals surface area contributed by atoms with Gasteiger partial charge in [0.25, 0.3) is 0 Å². The summed E-state index contributed by atoms with van der Waals surface area (Å²) in [5.74, 6) is 1.84. The third-order valence-corrected chi connectivity index (χ3v) is 10.7. The van der Waals surface area contributed by atoms with Crippen molar-refractivity contribution in [2.75, 3.05) is 0 Å². The molecule has 1 radical (unpaired) electrons. The van der Waals surface area contributed by atoms with Crippen LogP contribution in [0, 0.1) is 32.7 Å². The zero-order valence-electron chi connectivity index (χ0n) is 41.5. The van der Waals surface area contributed by atoms with Gasteiger partial charge in [0.1, 0.15) is 11.2 Å².